The van der Waals surface area contributed by atoms with Gasteiger partial charge in [0.15, 0.2) is 0 Å². The van der Waals surface area contributed by atoms with Gasteiger partial charge in [-0.2, -0.15) is 0 Å². The Bertz CT molecular complexity index is 1600. The second-order valence-corrected chi connectivity index (χ2v) is 10.1. The molecule has 0 aliphatic carbocycles. The Hall–Kier alpha value is -3.90. The summed E-state index contributed by atoms with van der Waals surface area (Å²) in [5.41, 5.74) is 5.82. The summed E-state index contributed by atoms with van der Waals surface area (Å²) < 4.78 is 15.8. The normalized spacial score (nSPS) is 11.1. The van der Waals surface area contributed by atoms with Crippen molar-refractivity contribution in [1.29, 1.82) is 0 Å². The maximum atomic E-state index is 14.1. The first kappa shape index (κ1) is 23.8. The van der Waals surface area contributed by atoms with Gasteiger partial charge in [-0.3, -0.25) is 14.3 Å². The minimum absolute atomic E-state index is 0.122. The summed E-state index contributed by atoms with van der Waals surface area (Å²) in [4.78, 5) is 25.4. The highest BCUT2D eigenvalue weighted by Gasteiger charge is 2.21. The molecule has 0 bridgehead atoms. The first-order valence-corrected chi connectivity index (χ1v) is 12.7. The van der Waals surface area contributed by atoms with Crippen molar-refractivity contribution >= 4 is 11.3 Å². The Morgan fingerprint density at radius 3 is 2.50 bits per heavy atom. The zero-order valence-electron chi connectivity index (χ0n) is 20.5. The Morgan fingerprint density at radius 1 is 0.944 bits per heavy atom. The Balaban J connectivity index is 1.66. The number of nitrogens with zero attached hydrogens (tertiary/aromatic N) is 3. The molecule has 0 saturated carbocycles. The monoisotopic (exact) mass is 495 g/mol. The van der Waals surface area contributed by atoms with Crippen LogP contribution in [0.1, 0.15) is 21.7 Å². The van der Waals surface area contributed by atoms with Gasteiger partial charge < -0.3 is 0 Å². The van der Waals surface area contributed by atoms with Gasteiger partial charge in [0.1, 0.15) is 11.6 Å². The maximum Gasteiger partial charge on any atom is 0.262 e. The fourth-order valence-corrected chi connectivity index (χ4v) is 5.60. The lowest BCUT2D eigenvalue weighted by atomic mass is 10.1. The van der Waals surface area contributed by atoms with Crippen LogP contribution >= 0.6 is 11.3 Å². The van der Waals surface area contributed by atoms with Gasteiger partial charge in [0, 0.05) is 33.6 Å². The summed E-state index contributed by atoms with van der Waals surface area (Å²) in [5, 5.41) is 0. The van der Waals surface area contributed by atoms with Crippen LogP contribution in [-0.2, 0) is 13.0 Å². The molecule has 36 heavy (non-hydrogen) atoms. The summed E-state index contributed by atoms with van der Waals surface area (Å²) in [7, 11) is 0. The van der Waals surface area contributed by atoms with Crippen LogP contribution in [0.2, 0.25) is 0 Å². The number of halogens is 1. The van der Waals surface area contributed by atoms with E-state index in [-0.39, 0.29) is 11.4 Å². The van der Waals surface area contributed by atoms with Crippen LogP contribution in [0.25, 0.3) is 33.1 Å². The predicted octanol–water partition coefficient (Wildman–Crippen LogP) is 7.01. The van der Waals surface area contributed by atoms with E-state index in [0.29, 0.717) is 35.6 Å². The highest BCUT2D eigenvalue weighted by molar-refractivity contribution is 7.16. The lowest BCUT2D eigenvalue weighted by molar-refractivity contribution is 0.626. The Labute approximate surface area is 213 Å². The van der Waals surface area contributed by atoms with Crippen molar-refractivity contribution in [2.45, 2.75) is 33.7 Å². The molecule has 5 aromatic rings. The van der Waals surface area contributed by atoms with E-state index in [4.69, 9.17) is 4.98 Å². The smallest absolute Gasteiger partial charge is 0.262 e. The number of pyridine rings is 1. The molecule has 0 aliphatic heterocycles. The molecule has 180 valence electrons. The van der Waals surface area contributed by atoms with Crippen molar-refractivity contribution in [3.8, 4) is 33.1 Å². The fourth-order valence-electron chi connectivity index (χ4n) is 4.49. The SMILES string of the molecule is Cc1cccnc1-c1cc(-c2c(C)nc(-c3cccc(F)c3)n(CCc3ccccc3)c2=O)sc1C. The molecule has 5 rings (SSSR count). The third-order valence-electron chi connectivity index (χ3n) is 6.33. The second-order valence-electron chi connectivity index (χ2n) is 8.85. The van der Waals surface area contributed by atoms with Gasteiger partial charge in [-0.15, -0.1) is 11.3 Å². The molecule has 3 aromatic heterocycles. The molecular weight excluding hydrogens is 469 g/mol. The summed E-state index contributed by atoms with van der Waals surface area (Å²) in [6.45, 7) is 6.37. The van der Waals surface area contributed by atoms with E-state index in [0.717, 1.165) is 32.1 Å². The molecule has 2 aromatic carbocycles. The highest BCUT2D eigenvalue weighted by atomic mass is 32.1. The first-order valence-electron chi connectivity index (χ1n) is 11.9. The van der Waals surface area contributed by atoms with E-state index in [2.05, 4.69) is 11.9 Å². The number of hydrogen-bond acceptors (Lipinski definition) is 4. The quantitative estimate of drug-likeness (QED) is 0.255. The molecule has 0 radical (unpaired) electrons. The van der Waals surface area contributed by atoms with Crippen molar-refractivity contribution in [2.24, 2.45) is 0 Å². The fraction of sp³-hybridized carbons (Fsp3) is 0.167. The molecule has 3 heterocycles. The zero-order chi connectivity index (χ0) is 25.2. The molecule has 0 amide bonds. The van der Waals surface area contributed by atoms with E-state index in [9.17, 15) is 9.18 Å². The molecule has 0 N–H and O–H groups in total. The van der Waals surface area contributed by atoms with Gasteiger partial charge >= 0.3 is 0 Å². The van der Waals surface area contributed by atoms with Crippen molar-refractivity contribution in [3.63, 3.8) is 0 Å². The minimum Gasteiger partial charge on any atom is -0.292 e. The van der Waals surface area contributed by atoms with E-state index in [1.807, 2.05) is 62.4 Å². The summed E-state index contributed by atoms with van der Waals surface area (Å²) in [6, 6.07) is 22.3. The lowest BCUT2D eigenvalue weighted by Gasteiger charge is -2.16. The lowest BCUT2D eigenvalue weighted by Crippen LogP contribution is -2.27. The van der Waals surface area contributed by atoms with E-state index in [1.54, 1.807) is 34.2 Å². The van der Waals surface area contributed by atoms with Crippen LogP contribution in [0.4, 0.5) is 4.39 Å². The van der Waals surface area contributed by atoms with Crippen LogP contribution in [0.15, 0.2) is 83.8 Å². The number of aromatic nitrogens is 3. The topological polar surface area (TPSA) is 47.8 Å². The van der Waals surface area contributed by atoms with Crippen molar-refractivity contribution < 1.29 is 4.39 Å². The van der Waals surface area contributed by atoms with Crippen molar-refractivity contribution in [2.75, 3.05) is 0 Å². The minimum atomic E-state index is -0.359. The molecular formula is C30H26FN3OS. The van der Waals surface area contributed by atoms with Crippen molar-refractivity contribution in [3.05, 3.63) is 117 Å². The molecule has 4 nitrogen and oxygen atoms in total. The average molecular weight is 496 g/mol. The molecule has 0 atom stereocenters. The molecule has 0 saturated heterocycles. The number of hydrogen-bond donors (Lipinski definition) is 0. The zero-order valence-corrected chi connectivity index (χ0v) is 21.3. The summed E-state index contributed by atoms with van der Waals surface area (Å²) >= 11 is 1.57. The van der Waals surface area contributed by atoms with E-state index in [1.165, 1.54) is 12.1 Å². The first-order chi connectivity index (χ1) is 17.4. The molecule has 6 heteroatoms. The summed E-state index contributed by atoms with van der Waals surface area (Å²) in [6.07, 6.45) is 2.45. The van der Waals surface area contributed by atoms with Crippen LogP contribution in [0, 0.1) is 26.6 Å². The van der Waals surface area contributed by atoms with Gasteiger partial charge in [-0.05, 0) is 62.6 Å². The molecule has 0 fully saturated rings. The second kappa shape index (κ2) is 9.99. The van der Waals surface area contributed by atoms with Crippen LogP contribution < -0.4 is 5.56 Å². The summed E-state index contributed by atoms with van der Waals surface area (Å²) in [5.74, 6) is 0.119. The molecule has 0 spiro atoms. The predicted molar refractivity (Wildman–Crippen MR) is 145 cm³/mol. The average Bonchev–Trinajstić information content (AvgIpc) is 3.24. The number of thiophene rings is 1. The molecule has 0 unspecified atom stereocenters. The van der Waals surface area contributed by atoms with Gasteiger partial charge in [-0.1, -0.05) is 48.5 Å². The third-order valence-corrected chi connectivity index (χ3v) is 7.40. The van der Waals surface area contributed by atoms with E-state index >= 15 is 0 Å². The highest BCUT2D eigenvalue weighted by Crippen LogP contribution is 2.37. The number of rotatable bonds is 6. The largest absolute Gasteiger partial charge is 0.292 e. The van der Waals surface area contributed by atoms with Gasteiger partial charge in [-0.25, -0.2) is 9.37 Å². The van der Waals surface area contributed by atoms with Crippen LogP contribution in [0.5, 0.6) is 0 Å². The van der Waals surface area contributed by atoms with Gasteiger partial charge in [0.25, 0.3) is 5.56 Å². The Kier molecular flexibility index (Phi) is 6.61. The van der Waals surface area contributed by atoms with Crippen molar-refractivity contribution in [1.82, 2.24) is 14.5 Å². The number of aryl methyl sites for hydroxylation is 4. The van der Waals surface area contributed by atoms with Gasteiger partial charge in [0.2, 0.25) is 0 Å². The molecule has 0 aliphatic rings. The Morgan fingerprint density at radius 2 is 1.75 bits per heavy atom. The maximum absolute atomic E-state index is 14.1. The number of benzene rings is 2. The third kappa shape index (κ3) is 4.64. The van der Waals surface area contributed by atoms with E-state index < -0.39 is 0 Å². The van der Waals surface area contributed by atoms with Crippen LogP contribution in [-0.4, -0.2) is 14.5 Å². The van der Waals surface area contributed by atoms with Crippen LogP contribution in [0.3, 0.4) is 0 Å². The standard InChI is InChI=1S/C30H26FN3OS/c1-19-9-8-15-32-28(19)25-18-26(36-21(25)3)27-20(2)33-29(23-12-7-13-24(31)17-23)34(30(27)35)16-14-22-10-5-4-6-11-22/h4-13,15,17-18H,14,16H2,1-3H3. The van der Waals surface area contributed by atoms with Gasteiger partial charge in [0.05, 0.1) is 17.0 Å².